The van der Waals surface area contributed by atoms with Gasteiger partial charge in [-0.15, -0.1) is 11.3 Å². The number of carbonyl (C=O) groups is 1. The second kappa shape index (κ2) is 8.11. The fraction of sp³-hybridized carbons (Fsp3) is 0.278. The zero-order valence-electron chi connectivity index (χ0n) is 15.6. The van der Waals surface area contributed by atoms with Crippen LogP contribution in [-0.4, -0.2) is 36.8 Å². The van der Waals surface area contributed by atoms with Gasteiger partial charge in [0.2, 0.25) is 27.6 Å². The lowest BCUT2D eigenvalue weighted by Gasteiger charge is -2.28. The molecule has 2 heterocycles. The van der Waals surface area contributed by atoms with Crippen molar-refractivity contribution in [3.63, 3.8) is 0 Å². The maximum absolute atomic E-state index is 12.6. The lowest BCUT2D eigenvalue weighted by molar-refractivity contribution is -0.122. The maximum Gasteiger partial charge on any atom is 0.246 e. The fourth-order valence-corrected chi connectivity index (χ4v) is 4.47. The predicted octanol–water partition coefficient (Wildman–Crippen LogP) is 2.58. The van der Waals surface area contributed by atoms with E-state index in [-0.39, 0.29) is 12.4 Å². The van der Waals surface area contributed by atoms with Crippen molar-refractivity contribution in [2.45, 2.75) is 26.4 Å². The van der Waals surface area contributed by atoms with Crippen LogP contribution in [0.1, 0.15) is 18.4 Å². The number of benzene rings is 1. The lowest BCUT2D eigenvalue weighted by atomic mass is 10.2. The van der Waals surface area contributed by atoms with E-state index in [1.54, 1.807) is 24.3 Å². The average molecular weight is 421 g/mol. The molecule has 28 heavy (non-hydrogen) atoms. The molecule has 0 radical (unpaired) electrons. The van der Waals surface area contributed by atoms with Crippen LogP contribution >= 0.6 is 11.3 Å². The number of carbonyl (C=O) groups excluding carboxylic acids is 1. The minimum absolute atomic E-state index is 0.00699. The molecule has 10 heteroatoms. The Balaban J connectivity index is 1.70. The molecule has 0 spiro atoms. The predicted molar refractivity (Wildman–Crippen MR) is 107 cm³/mol. The summed E-state index contributed by atoms with van der Waals surface area (Å²) in [5.41, 5.74) is 1.42. The monoisotopic (exact) mass is 420 g/mol. The van der Waals surface area contributed by atoms with Crippen LogP contribution in [0.5, 0.6) is 0 Å². The molecule has 8 nitrogen and oxygen atoms in total. The number of hydrogen-bond donors (Lipinski definition) is 1. The Labute approximate surface area is 167 Å². The van der Waals surface area contributed by atoms with E-state index in [0.29, 0.717) is 11.5 Å². The van der Waals surface area contributed by atoms with Crippen LogP contribution in [0.3, 0.4) is 0 Å². The molecule has 1 N–H and O–H groups in total. The minimum atomic E-state index is -3.66. The first-order chi connectivity index (χ1) is 13.3. The number of aromatic nitrogens is 2. The Morgan fingerprint density at radius 1 is 1.29 bits per heavy atom. The third-order valence-electron chi connectivity index (χ3n) is 4.00. The van der Waals surface area contributed by atoms with Gasteiger partial charge in [-0.25, -0.2) is 8.42 Å². The van der Waals surface area contributed by atoms with E-state index in [1.165, 1.54) is 18.3 Å². The van der Waals surface area contributed by atoms with Crippen LogP contribution < -0.4 is 9.62 Å². The van der Waals surface area contributed by atoms with Crippen molar-refractivity contribution in [2.24, 2.45) is 0 Å². The van der Waals surface area contributed by atoms with Crippen molar-refractivity contribution in [1.82, 2.24) is 15.5 Å². The molecule has 3 rings (SSSR count). The number of anilines is 1. The average Bonchev–Trinajstić information content (AvgIpc) is 3.31. The number of thiophene rings is 1. The Morgan fingerprint density at radius 3 is 2.61 bits per heavy atom. The van der Waals surface area contributed by atoms with E-state index in [9.17, 15) is 13.2 Å². The third kappa shape index (κ3) is 4.57. The van der Waals surface area contributed by atoms with E-state index in [0.717, 1.165) is 21.0 Å². The second-order valence-electron chi connectivity index (χ2n) is 6.28. The number of hydrogen-bond acceptors (Lipinski definition) is 7. The van der Waals surface area contributed by atoms with Gasteiger partial charge in [-0.2, -0.15) is 4.98 Å². The summed E-state index contributed by atoms with van der Waals surface area (Å²) in [5.74, 6) is 0.219. The van der Waals surface area contributed by atoms with Crippen LogP contribution in [0.15, 0.2) is 46.3 Å². The quantitative estimate of drug-likeness (QED) is 0.630. The minimum Gasteiger partial charge on any atom is -0.345 e. The fourth-order valence-electron chi connectivity index (χ4n) is 2.64. The first-order valence-corrected chi connectivity index (χ1v) is 11.2. The molecule has 0 fully saturated rings. The van der Waals surface area contributed by atoms with Gasteiger partial charge in [0.1, 0.15) is 6.04 Å². The van der Waals surface area contributed by atoms with Crippen LogP contribution in [0.4, 0.5) is 5.69 Å². The zero-order valence-corrected chi connectivity index (χ0v) is 17.3. The van der Waals surface area contributed by atoms with E-state index < -0.39 is 22.0 Å². The molecule has 3 aromatic rings. The largest absolute Gasteiger partial charge is 0.345 e. The smallest absolute Gasteiger partial charge is 0.246 e. The van der Waals surface area contributed by atoms with E-state index in [1.807, 2.05) is 24.4 Å². The van der Waals surface area contributed by atoms with Gasteiger partial charge in [0, 0.05) is 0 Å². The number of rotatable bonds is 7. The SMILES string of the molecule is Cc1ccc(N([C@@H](C)C(=O)NCc2nc(-c3cccs3)no2)S(C)(=O)=O)cc1. The summed E-state index contributed by atoms with van der Waals surface area (Å²) in [6.07, 6.45) is 1.07. The van der Waals surface area contributed by atoms with Gasteiger partial charge in [-0.1, -0.05) is 28.9 Å². The Kier molecular flexibility index (Phi) is 5.80. The molecule has 148 valence electrons. The molecule has 0 aliphatic carbocycles. The van der Waals surface area contributed by atoms with Crippen LogP contribution in [-0.2, 0) is 21.4 Å². The van der Waals surface area contributed by atoms with Crippen molar-refractivity contribution >= 4 is 33.0 Å². The summed E-state index contributed by atoms with van der Waals surface area (Å²) in [4.78, 5) is 17.7. The summed E-state index contributed by atoms with van der Waals surface area (Å²) in [6, 6.07) is 9.73. The van der Waals surface area contributed by atoms with Gasteiger partial charge in [0.25, 0.3) is 0 Å². The van der Waals surface area contributed by atoms with E-state index in [2.05, 4.69) is 15.5 Å². The second-order valence-corrected chi connectivity index (χ2v) is 9.08. The third-order valence-corrected chi connectivity index (χ3v) is 6.11. The zero-order chi connectivity index (χ0) is 20.3. The van der Waals surface area contributed by atoms with Crippen molar-refractivity contribution in [3.8, 4) is 10.7 Å². The van der Waals surface area contributed by atoms with Gasteiger partial charge < -0.3 is 9.84 Å². The molecule has 0 unspecified atom stereocenters. The Morgan fingerprint density at radius 2 is 2.00 bits per heavy atom. The lowest BCUT2D eigenvalue weighted by Crippen LogP contribution is -2.47. The van der Waals surface area contributed by atoms with Crippen LogP contribution in [0, 0.1) is 6.92 Å². The summed E-state index contributed by atoms with van der Waals surface area (Å²) in [5, 5.41) is 8.43. The van der Waals surface area contributed by atoms with Gasteiger partial charge in [-0.05, 0) is 37.4 Å². The summed E-state index contributed by atoms with van der Waals surface area (Å²) in [6.45, 7) is 3.44. The first-order valence-electron chi connectivity index (χ1n) is 8.46. The highest BCUT2D eigenvalue weighted by atomic mass is 32.2. The number of nitrogens with zero attached hydrogens (tertiary/aromatic N) is 3. The van der Waals surface area contributed by atoms with E-state index >= 15 is 0 Å². The van der Waals surface area contributed by atoms with Crippen molar-refractivity contribution < 1.29 is 17.7 Å². The first kappa shape index (κ1) is 20.0. The number of amides is 1. The molecular formula is C18H20N4O4S2. The summed E-state index contributed by atoms with van der Waals surface area (Å²) < 4.78 is 30.8. The van der Waals surface area contributed by atoms with Crippen molar-refractivity contribution in [3.05, 3.63) is 53.2 Å². The molecule has 0 aliphatic heterocycles. The molecule has 1 aromatic carbocycles. The Bertz CT molecular complexity index is 1040. The molecule has 0 bridgehead atoms. The maximum atomic E-state index is 12.6. The van der Waals surface area contributed by atoms with E-state index in [4.69, 9.17) is 4.52 Å². The van der Waals surface area contributed by atoms with Crippen LogP contribution in [0.25, 0.3) is 10.7 Å². The Hall–Kier alpha value is -2.72. The van der Waals surface area contributed by atoms with Crippen molar-refractivity contribution in [2.75, 3.05) is 10.6 Å². The highest BCUT2D eigenvalue weighted by molar-refractivity contribution is 7.92. The standard InChI is InChI=1S/C18H20N4O4S2/c1-12-6-8-14(9-7-12)22(28(3,24)25)13(2)18(23)19-11-16-20-17(21-26-16)15-5-4-10-27-15/h4-10,13H,11H2,1-3H3,(H,19,23)/t13-/m0/s1. The van der Waals surface area contributed by atoms with Gasteiger partial charge in [-0.3, -0.25) is 9.10 Å². The normalized spacial score (nSPS) is 12.5. The van der Waals surface area contributed by atoms with Crippen LogP contribution in [0.2, 0.25) is 0 Å². The molecule has 1 amide bonds. The molecule has 1 atom stereocenters. The molecule has 2 aromatic heterocycles. The van der Waals surface area contributed by atoms with Crippen molar-refractivity contribution in [1.29, 1.82) is 0 Å². The molecule has 0 saturated carbocycles. The molecule has 0 saturated heterocycles. The topological polar surface area (TPSA) is 105 Å². The molecular weight excluding hydrogens is 400 g/mol. The highest BCUT2D eigenvalue weighted by Gasteiger charge is 2.29. The van der Waals surface area contributed by atoms with Gasteiger partial charge in [0.05, 0.1) is 23.4 Å². The van der Waals surface area contributed by atoms with Gasteiger partial charge >= 0.3 is 0 Å². The van der Waals surface area contributed by atoms with Gasteiger partial charge in [0.15, 0.2) is 0 Å². The number of nitrogens with one attached hydrogen (secondary N) is 1. The summed E-state index contributed by atoms with van der Waals surface area (Å²) in [7, 11) is -3.66. The highest BCUT2D eigenvalue weighted by Crippen LogP contribution is 2.22. The number of aryl methyl sites for hydroxylation is 1. The summed E-state index contributed by atoms with van der Waals surface area (Å²) >= 11 is 1.48. The number of sulfonamides is 1. The molecule has 0 aliphatic rings.